The van der Waals surface area contributed by atoms with Crippen molar-refractivity contribution < 1.29 is 9.47 Å². The highest BCUT2D eigenvalue weighted by Crippen LogP contribution is 2.29. The van der Waals surface area contributed by atoms with Crippen molar-refractivity contribution in [2.45, 2.75) is 46.4 Å². The van der Waals surface area contributed by atoms with Crippen molar-refractivity contribution in [3.8, 4) is 5.75 Å². The molecule has 0 aliphatic carbocycles. The van der Waals surface area contributed by atoms with Gasteiger partial charge in [0.15, 0.2) is 0 Å². The first kappa shape index (κ1) is 20.4. The third kappa shape index (κ3) is 5.57. The van der Waals surface area contributed by atoms with Crippen LogP contribution in [-0.2, 0) is 17.9 Å². The molecule has 0 radical (unpaired) electrons. The molecule has 3 heteroatoms. The first-order valence-corrected chi connectivity index (χ1v) is 10.2. The summed E-state index contributed by atoms with van der Waals surface area (Å²) < 4.78 is 11.9. The second-order valence-corrected chi connectivity index (χ2v) is 7.43. The molecule has 1 N–H and O–H groups in total. The zero-order chi connectivity index (χ0) is 19.8. The van der Waals surface area contributed by atoms with Gasteiger partial charge < -0.3 is 14.8 Å². The van der Waals surface area contributed by atoms with Crippen LogP contribution in [0, 0.1) is 6.92 Å². The fraction of sp³-hybridized carbons (Fsp3) is 0.360. The molecule has 28 heavy (non-hydrogen) atoms. The molecule has 3 aromatic rings. The third-order valence-corrected chi connectivity index (χ3v) is 4.89. The Morgan fingerprint density at radius 2 is 1.71 bits per heavy atom. The van der Waals surface area contributed by atoms with Gasteiger partial charge in [0.1, 0.15) is 12.4 Å². The minimum atomic E-state index is 0.291. The van der Waals surface area contributed by atoms with Gasteiger partial charge in [0, 0.05) is 18.7 Å². The molecule has 0 spiro atoms. The molecule has 0 amide bonds. The van der Waals surface area contributed by atoms with Crippen LogP contribution in [0.5, 0.6) is 5.75 Å². The maximum Gasteiger partial charge on any atom is 0.124 e. The predicted molar refractivity (Wildman–Crippen MR) is 117 cm³/mol. The normalized spacial score (nSPS) is 11.3. The number of benzene rings is 3. The molecule has 0 saturated heterocycles. The molecular weight excluding hydrogens is 346 g/mol. The van der Waals surface area contributed by atoms with Crippen molar-refractivity contribution in [1.29, 1.82) is 0 Å². The Kier molecular flexibility index (Phi) is 7.46. The standard InChI is InChI=1S/C25H31NO2/c1-19(2)27-16-8-15-26-17-24-23-12-7-6-10-21(23)13-14-25(24)28-18-22-11-5-4-9-20(22)3/h4-7,9-14,19,26H,8,15-18H2,1-3H3. The van der Waals surface area contributed by atoms with Crippen molar-refractivity contribution >= 4 is 10.8 Å². The summed E-state index contributed by atoms with van der Waals surface area (Å²) in [6.45, 7) is 9.35. The van der Waals surface area contributed by atoms with E-state index in [0.29, 0.717) is 12.7 Å². The monoisotopic (exact) mass is 377 g/mol. The summed E-state index contributed by atoms with van der Waals surface area (Å²) in [6, 6.07) is 21.1. The molecule has 0 saturated carbocycles. The van der Waals surface area contributed by atoms with Gasteiger partial charge in [0.2, 0.25) is 0 Å². The number of nitrogens with one attached hydrogen (secondary N) is 1. The van der Waals surface area contributed by atoms with E-state index in [0.717, 1.165) is 31.9 Å². The van der Waals surface area contributed by atoms with E-state index in [9.17, 15) is 0 Å². The summed E-state index contributed by atoms with van der Waals surface area (Å²) in [5, 5.41) is 6.04. The fourth-order valence-electron chi connectivity index (χ4n) is 3.29. The number of rotatable bonds is 10. The van der Waals surface area contributed by atoms with E-state index in [-0.39, 0.29) is 0 Å². The predicted octanol–water partition coefficient (Wildman–Crippen LogP) is 5.63. The number of hydrogen-bond donors (Lipinski definition) is 1. The molecule has 0 fully saturated rings. The Labute approximate surface area is 168 Å². The highest BCUT2D eigenvalue weighted by Gasteiger charge is 2.09. The lowest BCUT2D eigenvalue weighted by molar-refractivity contribution is 0.0770. The SMILES string of the molecule is Cc1ccccc1COc1ccc2ccccc2c1CNCCCOC(C)C. The van der Waals surface area contributed by atoms with Gasteiger partial charge in [0.25, 0.3) is 0 Å². The zero-order valence-corrected chi connectivity index (χ0v) is 17.2. The maximum atomic E-state index is 6.26. The molecule has 0 aliphatic heterocycles. The zero-order valence-electron chi connectivity index (χ0n) is 17.2. The lowest BCUT2D eigenvalue weighted by Gasteiger charge is -2.16. The van der Waals surface area contributed by atoms with Gasteiger partial charge in [-0.3, -0.25) is 0 Å². The summed E-state index contributed by atoms with van der Waals surface area (Å²) in [5.74, 6) is 0.952. The summed E-state index contributed by atoms with van der Waals surface area (Å²) in [7, 11) is 0. The van der Waals surface area contributed by atoms with Crippen LogP contribution in [0.15, 0.2) is 60.7 Å². The highest BCUT2D eigenvalue weighted by atomic mass is 16.5. The van der Waals surface area contributed by atoms with Crippen molar-refractivity contribution in [2.24, 2.45) is 0 Å². The van der Waals surface area contributed by atoms with Crippen LogP contribution in [0.4, 0.5) is 0 Å². The van der Waals surface area contributed by atoms with E-state index in [4.69, 9.17) is 9.47 Å². The van der Waals surface area contributed by atoms with Crippen molar-refractivity contribution in [2.75, 3.05) is 13.2 Å². The summed E-state index contributed by atoms with van der Waals surface area (Å²) in [5.41, 5.74) is 3.70. The van der Waals surface area contributed by atoms with Gasteiger partial charge in [-0.15, -0.1) is 0 Å². The first-order chi connectivity index (χ1) is 13.6. The van der Waals surface area contributed by atoms with Gasteiger partial charge in [-0.1, -0.05) is 54.6 Å². The average Bonchev–Trinajstić information content (AvgIpc) is 2.70. The van der Waals surface area contributed by atoms with Gasteiger partial charge >= 0.3 is 0 Å². The average molecular weight is 378 g/mol. The van der Waals surface area contributed by atoms with Gasteiger partial charge in [-0.2, -0.15) is 0 Å². The number of ether oxygens (including phenoxy) is 2. The Hall–Kier alpha value is -2.36. The molecule has 0 unspecified atom stereocenters. The highest BCUT2D eigenvalue weighted by molar-refractivity contribution is 5.87. The van der Waals surface area contributed by atoms with Crippen molar-refractivity contribution in [3.63, 3.8) is 0 Å². The second-order valence-electron chi connectivity index (χ2n) is 7.43. The van der Waals surface area contributed by atoms with Gasteiger partial charge in [0.05, 0.1) is 6.10 Å². The molecule has 0 bridgehead atoms. The molecule has 148 valence electrons. The number of fused-ring (bicyclic) bond motifs is 1. The van der Waals surface area contributed by atoms with Gasteiger partial charge in [-0.25, -0.2) is 0 Å². The molecule has 0 aromatic heterocycles. The quantitative estimate of drug-likeness (QED) is 0.464. The van der Waals surface area contributed by atoms with E-state index >= 15 is 0 Å². The van der Waals surface area contributed by atoms with Crippen LogP contribution in [0.2, 0.25) is 0 Å². The number of aryl methyl sites for hydroxylation is 1. The molecule has 0 atom stereocenters. The third-order valence-electron chi connectivity index (χ3n) is 4.89. The largest absolute Gasteiger partial charge is 0.489 e. The Morgan fingerprint density at radius 1 is 0.929 bits per heavy atom. The van der Waals surface area contributed by atoms with Crippen LogP contribution < -0.4 is 10.1 Å². The first-order valence-electron chi connectivity index (χ1n) is 10.2. The Bertz CT molecular complexity index is 889. The molecule has 3 aromatic carbocycles. The maximum absolute atomic E-state index is 6.26. The van der Waals surface area contributed by atoms with Crippen molar-refractivity contribution in [3.05, 3.63) is 77.4 Å². The van der Waals surface area contributed by atoms with E-state index in [1.165, 1.54) is 27.5 Å². The summed E-state index contributed by atoms with van der Waals surface area (Å²) in [4.78, 5) is 0. The fourth-order valence-corrected chi connectivity index (χ4v) is 3.29. The lowest BCUT2D eigenvalue weighted by Crippen LogP contribution is -2.18. The van der Waals surface area contributed by atoms with Crippen LogP contribution in [0.25, 0.3) is 10.8 Å². The van der Waals surface area contributed by atoms with Gasteiger partial charge in [-0.05, 0) is 61.7 Å². The molecule has 3 rings (SSSR count). The molecular formula is C25H31NO2. The molecule has 0 heterocycles. The Morgan fingerprint density at radius 3 is 2.54 bits per heavy atom. The second kappa shape index (κ2) is 10.3. The van der Waals surface area contributed by atoms with E-state index in [1.807, 2.05) is 0 Å². The molecule has 3 nitrogen and oxygen atoms in total. The van der Waals surface area contributed by atoms with Crippen LogP contribution >= 0.6 is 0 Å². The van der Waals surface area contributed by atoms with Crippen molar-refractivity contribution in [1.82, 2.24) is 5.32 Å². The van der Waals surface area contributed by atoms with Crippen LogP contribution in [-0.4, -0.2) is 19.3 Å². The van der Waals surface area contributed by atoms with E-state index in [1.54, 1.807) is 0 Å². The molecule has 0 aliphatic rings. The smallest absolute Gasteiger partial charge is 0.124 e. The minimum Gasteiger partial charge on any atom is -0.489 e. The van der Waals surface area contributed by atoms with E-state index < -0.39 is 0 Å². The Balaban J connectivity index is 1.70. The van der Waals surface area contributed by atoms with E-state index in [2.05, 4.69) is 86.8 Å². The lowest BCUT2D eigenvalue weighted by atomic mass is 10.0. The summed E-state index contributed by atoms with van der Waals surface area (Å²) in [6.07, 6.45) is 1.29. The topological polar surface area (TPSA) is 30.5 Å². The van der Waals surface area contributed by atoms with Crippen LogP contribution in [0.1, 0.15) is 37.0 Å². The van der Waals surface area contributed by atoms with Crippen LogP contribution in [0.3, 0.4) is 0 Å². The number of hydrogen-bond acceptors (Lipinski definition) is 3. The minimum absolute atomic E-state index is 0.291. The summed E-state index contributed by atoms with van der Waals surface area (Å²) >= 11 is 0.